The number of amides is 1. The van der Waals surface area contributed by atoms with E-state index >= 15 is 0 Å². The molecule has 5 heteroatoms. The summed E-state index contributed by atoms with van der Waals surface area (Å²) < 4.78 is 11.4. The van der Waals surface area contributed by atoms with Crippen LogP contribution in [0.3, 0.4) is 0 Å². The maximum absolute atomic E-state index is 12.9. The molecule has 1 aliphatic heterocycles. The minimum atomic E-state index is -0.342. The van der Waals surface area contributed by atoms with Gasteiger partial charge in [-0.2, -0.15) is 0 Å². The molecular formula is C20H25NO4. The van der Waals surface area contributed by atoms with Gasteiger partial charge in [0.1, 0.15) is 11.9 Å². The van der Waals surface area contributed by atoms with Crippen LogP contribution in [0.4, 0.5) is 0 Å². The third-order valence-electron chi connectivity index (χ3n) is 4.86. The monoisotopic (exact) mass is 343 g/mol. The maximum atomic E-state index is 12.9. The number of benzene rings is 1. The molecule has 25 heavy (non-hydrogen) atoms. The van der Waals surface area contributed by atoms with Gasteiger partial charge in [-0.1, -0.05) is 18.2 Å². The molecule has 1 aliphatic carbocycles. The Balaban J connectivity index is 1.93. The van der Waals surface area contributed by atoms with E-state index in [0.29, 0.717) is 23.6 Å². The van der Waals surface area contributed by atoms with Crippen LogP contribution in [-0.4, -0.2) is 24.6 Å². The van der Waals surface area contributed by atoms with Crippen LogP contribution in [0, 0.1) is 0 Å². The first kappa shape index (κ1) is 17.5. The minimum Gasteiger partial charge on any atom is -0.494 e. The zero-order valence-corrected chi connectivity index (χ0v) is 14.8. The Morgan fingerprint density at radius 2 is 1.96 bits per heavy atom. The number of carbonyl (C=O) groups excluding carboxylic acids is 2. The van der Waals surface area contributed by atoms with Crippen LogP contribution in [0.5, 0.6) is 5.75 Å². The SMILES string of the molecule is CCOc1ccccc1[C@@H]1CC(=O)NC(C)=C1C(=O)OC1CCCC1. The zero-order valence-electron chi connectivity index (χ0n) is 14.8. The maximum Gasteiger partial charge on any atom is 0.336 e. The Labute approximate surface area is 148 Å². The van der Waals surface area contributed by atoms with Gasteiger partial charge in [-0.15, -0.1) is 0 Å². The van der Waals surface area contributed by atoms with Gasteiger partial charge in [0, 0.05) is 23.6 Å². The van der Waals surface area contributed by atoms with Crippen LogP contribution >= 0.6 is 0 Å². The molecule has 1 N–H and O–H groups in total. The topological polar surface area (TPSA) is 64.6 Å². The first-order valence-corrected chi connectivity index (χ1v) is 9.03. The van der Waals surface area contributed by atoms with Crippen LogP contribution in [0.2, 0.25) is 0 Å². The van der Waals surface area contributed by atoms with E-state index in [9.17, 15) is 9.59 Å². The van der Waals surface area contributed by atoms with Crippen LogP contribution < -0.4 is 10.1 Å². The fourth-order valence-electron chi connectivity index (χ4n) is 3.71. The molecule has 1 fully saturated rings. The fraction of sp³-hybridized carbons (Fsp3) is 0.500. The van der Waals surface area contributed by atoms with E-state index in [-0.39, 0.29) is 30.3 Å². The van der Waals surface area contributed by atoms with Crippen molar-refractivity contribution in [2.75, 3.05) is 6.61 Å². The van der Waals surface area contributed by atoms with Crippen molar-refractivity contribution in [2.45, 2.75) is 58.0 Å². The normalized spacial score (nSPS) is 21.2. The molecule has 1 saturated carbocycles. The lowest BCUT2D eigenvalue weighted by atomic mass is 9.84. The van der Waals surface area contributed by atoms with Crippen molar-refractivity contribution in [3.8, 4) is 5.75 Å². The standard InChI is InChI=1S/C20H25NO4/c1-3-24-17-11-7-6-10-15(17)16-12-18(22)21-13(2)19(16)20(23)25-14-8-4-5-9-14/h6-7,10-11,14,16H,3-5,8-9,12H2,1-2H3,(H,21,22)/t16-/m0/s1. The van der Waals surface area contributed by atoms with Crippen molar-refractivity contribution >= 4 is 11.9 Å². The highest BCUT2D eigenvalue weighted by Crippen LogP contribution is 2.38. The minimum absolute atomic E-state index is 0.00628. The molecule has 1 aromatic rings. The molecule has 1 heterocycles. The lowest BCUT2D eigenvalue weighted by Gasteiger charge is -2.28. The Morgan fingerprint density at radius 3 is 2.68 bits per heavy atom. The summed E-state index contributed by atoms with van der Waals surface area (Å²) in [6, 6.07) is 7.59. The van der Waals surface area contributed by atoms with E-state index < -0.39 is 0 Å². The smallest absolute Gasteiger partial charge is 0.336 e. The number of hydrogen-bond acceptors (Lipinski definition) is 4. The van der Waals surface area contributed by atoms with Gasteiger partial charge in [-0.25, -0.2) is 4.79 Å². The fourth-order valence-corrected chi connectivity index (χ4v) is 3.71. The average Bonchev–Trinajstić information content (AvgIpc) is 3.07. The molecule has 0 spiro atoms. The van der Waals surface area contributed by atoms with Crippen molar-refractivity contribution in [1.29, 1.82) is 0 Å². The molecule has 134 valence electrons. The number of allylic oxidation sites excluding steroid dienone is 1. The molecule has 0 aromatic heterocycles. The van der Waals surface area contributed by atoms with Gasteiger partial charge in [0.05, 0.1) is 12.2 Å². The number of rotatable bonds is 5. The molecule has 0 saturated heterocycles. The zero-order chi connectivity index (χ0) is 17.8. The summed E-state index contributed by atoms with van der Waals surface area (Å²) in [4.78, 5) is 25.0. The highest BCUT2D eigenvalue weighted by atomic mass is 16.5. The van der Waals surface area contributed by atoms with E-state index in [2.05, 4.69) is 5.32 Å². The number of nitrogens with one attached hydrogen (secondary N) is 1. The summed E-state index contributed by atoms with van der Waals surface area (Å²) in [7, 11) is 0. The van der Waals surface area contributed by atoms with Crippen LogP contribution in [0.1, 0.15) is 57.4 Å². The largest absolute Gasteiger partial charge is 0.494 e. The third-order valence-corrected chi connectivity index (χ3v) is 4.86. The Hall–Kier alpha value is -2.30. The summed E-state index contributed by atoms with van der Waals surface area (Å²) in [6.07, 6.45) is 4.26. The molecule has 0 bridgehead atoms. The van der Waals surface area contributed by atoms with E-state index in [1.165, 1.54) is 0 Å². The first-order chi connectivity index (χ1) is 12.1. The van der Waals surface area contributed by atoms with E-state index in [1.54, 1.807) is 6.92 Å². The van der Waals surface area contributed by atoms with Gasteiger partial charge in [0.15, 0.2) is 0 Å². The Morgan fingerprint density at radius 1 is 1.24 bits per heavy atom. The number of para-hydroxylation sites is 1. The molecule has 0 radical (unpaired) electrons. The molecule has 1 aromatic carbocycles. The molecule has 2 aliphatic rings. The van der Waals surface area contributed by atoms with Crippen molar-refractivity contribution in [2.24, 2.45) is 0 Å². The molecule has 3 rings (SSSR count). The average molecular weight is 343 g/mol. The second-order valence-electron chi connectivity index (χ2n) is 6.63. The van der Waals surface area contributed by atoms with Crippen molar-refractivity contribution < 1.29 is 19.1 Å². The Kier molecular flexibility index (Phi) is 5.41. The lowest BCUT2D eigenvalue weighted by Crippen LogP contribution is -2.35. The predicted molar refractivity (Wildman–Crippen MR) is 94.2 cm³/mol. The van der Waals surface area contributed by atoms with Gasteiger partial charge in [0.25, 0.3) is 0 Å². The predicted octanol–water partition coefficient (Wildman–Crippen LogP) is 3.45. The Bertz CT molecular complexity index is 689. The highest BCUT2D eigenvalue weighted by molar-refractivity contribution is 5.96. The number of ether oxygens (including phenoxy) is 2. The quantitative estimate of drug-likeness (QED) is 0.832. The summed E-state index contributed by atoms with van der Waals surface area (Å²) in [5.41, 5.74) is 1.98. The number of esters is 1. The molecule has 1 atom stereocenters. The molecule has 0 unspecified atom stereocenters. The summed E-state index contributed by atoms with van der Waals surface area (Å²) in [5.74, 6) is -0.0408. The molecule has 1 amide bonds. The van der Waals surface area contributed by atoms with Crippen LogP contribution in [0.15, 0.2) is 35.5 Å². The van der Waals surface area contributed by atoms with Crippen LogP contribution in [-0.2, 0) is 14.3 Å². The second-order valence-corrected chi connectivity index (χ2v) is 6.63. The van der Waals surface area contributed by atoms with E-state index in [4.69, 9.17) is 9.47 Å². The second kappa shape index (κ2) is 7.72. The lowest BCUT2D eigenvalue weighted by molar-refractivity contribution is -0.144. The summed E-state index contributed by atoms with van der Waals surface area (Å²) in [5, 5.41) is 2.79. The third kappa shape index (κ3) is 3.86. The number of carbonyl (C=O) groups is 2. The number of hydrogen-bond donors (Lipinski definition) is 1. The molecule has 5 nitrogen and oxygen atoms in total. The van der Waals surface area contributed by atoms with Crippen molar-refractivity contribution in [3.05, 3.63) is 41.1 Å². The van der Waals surface area contributed by atoms with Gasteiger partial charge in [0.2, 0.25) is 5.91 Å². The van der Waals surface area contributed by atoms with Crippen molar-refractivity contribution in [3.63, 3.8) is 0 Å². The summed E-state index contributed by atoms with van der Waals surface area (Å²) in [6.45, 7) is 4.21. The van der Waals surface area contributed by atoms with E-state index in [0.717, 1.165) is 31.2 Å². The van der Waals surface area contributed by atoms with E-state index in [1.807, 2.05) is 31.2 Å². The van der Waals surface area contributed by atoms with Gasteiger partial charge in [-0.05, 0) is 45.6 Å². The van der Waals surface area contributed by atoms with Gasteiger partial charge < -0.3 is 14.8 Å². The van der Waals surface area contributed by atoms with Crippen LogP contribution in [0.25, 0.3) is 0 Å². The van der Waals surface area contributed by atoms with Gasteiger partial charge >= 0.3 is 5.97 Å². The molecular weight excluding hydrogens is 318 g/mol. The highest BCUT2D eigenvalue weighted by Gasteiger charge is 2.35. The summed E-state index contributed by atoms with van der Waals surface area (Å²) >= 11 is 0. The van der Waals surface area contributed by atoms with Crippen molar-refractivity contribution in [1.82, 2.24) is 5.32 Å². The first-order valence-electron chi connectivity index (χ1n) is 9.03. The van der Waals surface area contributed by atoms with Gasteiger partial charge in [-0.3, -0.25) is 4.79 Å².